The first kappa shape index (κ1) is 11.6. The van der Waals surface area contributed by atoms with Crippen molar-refractivity contribution in [2.45, 2.75) is 0 Å². The molecule has 1 aromatic carbocycles. The Kier molecular flexibility index (Phi) is 3.43. The largest absolute Gasteiger partial charge is 0.338 e. The summed E-state index contributed by atoms with van der Waals surface area (Å²) >= 11 is 11.5. The maximum Gasteiger partial charge on any atom is 0.153 e. The van der Waals surface area contributed by atoms with Crippen LogP contribution in [0.25, 0.3) is 0 Å². The molecule has 2 aromatic rings. The van der Waals surface area contributed by atoms with E-state index < -0.39 is 0 Å². The summed E-state index contributed by atoms with van der Waals surface area (Å²) in [4.78, 5) is 0. The monoisotopic (exact) mass is 264 g/mol. The zero-order valence-corrected chi connectivity index (χ0v) is 10.00. The van der Waals surface area contributed by atoms with Crippen molar-refractivity contribution in [2.75, 3.05) is 5.32 Å². The summed E-state index contributed by atoms with van der Waals surface area (Å²) in [6.07, 6.45) is 0. The smallest absolute Gasteiger partial charge is 0.153 e. The van der Waals surface area contributed by atoms with Gasteiger partial charge in [-0.1, -0.05) is 23.2 Å². The second-order valence-corrected chi connectivity index (χ2v) is 3.99. The van der Waals surface area contributed by atoms with E-state index in [-0.39, 0.29) is 0 Å². The number of benzene rings is 1. The average molecular weight is 265 g/mol. The number of anilines is 2. The van der Waals surface area contributed by atoms with Gasteiger partial charge >= 0.3 is 0 Å². The molecule has 0 bridgehead atoms. The number of nitrogens with one attached hydrogen (secondary N) is 1. The second-order valence-electron chi connectivity index (χ2n) is 3.17. The van der Waals surface area contributed by atoms with Gasteiger partial charge in [0.2, 0.25) is 0 Å². The van der Waals surface area contributed by atoms with E-state index in [9.17, 15) is 0 Å². The van der Waals surface area contributed by atoms with E-state index in [0.717, 1.165) is 0 Å². The standard InChI is InChI=1S/C11H6Cl2N4/c12-8-2-1-7(6-14)9(5-8)15-11-4-3-10(13)16-17-11/h1-5H,(H,15,17). The van der Waals surface area contributed by atoms with Gasteiger partial charge in [-0.15, -0.1) is 10.2 Å². The minimum atomic E-state index is 0.308. The Morgan fingerprint density at radius 3 is 2.59 bits per heavy atom. The Morgan fingerprint density at radius 1 is 1.12 bits per heavy atom. The van der Waals surface area contributed by atoms with Crippen LogP contribution in [0, 0.1) is 11.3 Å². The lowest BCUT2D eigenvalue weighted by atomic mass is 10.2. The molecule has 0 atom stereocenters. The van der Waals surface area contributed by atoms with E-state index in [1.165, 1.54) is 0 Å². The molecule has 0 aliphatic carbocycles. The molecule has 0 saturated carbocycles. The van der Waals surface area contributed by atoms with Crippen LogP contribution in [0.15, 0.2) is 30.3 Å². The number of nitriles is 1. The molecule has 0 amide bonds. The molecule has 0 aliphatic heterocycles. The van der Waals surface area contributed by atoms with E-state index in [0.29, 0.717) is 27.2 Å². The van der Waals surface area contributed by atoms with Crippen molar-refractivity contribution >= 4 is 34.7 Å². The van der Waals surface area contributed by atoms with Crippen molar-refractivity contribution in [3.05, 3.63) is 46.1 Å². The van der Waals surface area contributed by atoms with Gasteiger partial charge in [-0.3, -0.25) is 0 Å². The number of nitrogens with zero attached hydrogens (tertiary/aromatic N) is 3. The van der Waals surface area contributed by atoms with E-state index in [1.807, 2.05) is 0 Å². The summed E-state index contributed by atoms with van der Waals surface area (Å²) in [6, 6.07) is 10.3. The van der Waals surface area contributed by atoms with Gasteiger partial charge in [-0.05, 0) is 30.3 Å². The first-order valence-corrected chi connectivity index (χ1v) is 5.40. The lowest BCUT2D eigenvalue weighted by Gasteiger charge is -2.06. The van der Waals surface area contributed by atoms with Crippen molar-refractivity contribution in [2.24, 2.45) is 0 Å². The van der Waals surface area contributed by atoms with E-state index in [2.05, 4.69) is 21.6 Å². The first-order valence-electron chi connectivity index (χ1n) is 4.65. The van der Waals surface area contributed by atoms with Gasteiger partial charge < -0.3 is 5.32 Å². The molecule has 1 heterocycles. The third-order valence-electron chi connectivity index (χ3n) is 2.00. The van der Waals surface area contributed by atoms with Crippen LogP contribution in [0.4, 0.5) is 11.5 Å². The van der Waals surface area contributed by atoms with Gasteiger partial charge in [-0.2, -0.15) is 5.26 Å². The molecule has 1 N–H and O–H groups in total. The molecule has 0 aliphatic rings. The van der Waals surface area contributed by atoms with Crippen molar-refractivity contribution in [1.82, 2.24) is 10.2 Å². The Morgan fingerprint density at radius 2 is 1.94 bits per heavy atom. The summed E-state index contributed by atoms with van der Waals surface area (Å²) in [5.41, 5.74) is 1.06. The maximum absolute atomic E-state index is 8.94. The van der Waals surface area contributed by atoms with Crippen LogP contribution in [0.3, 0.4) is 0 Å². The van der Waals surface area contributed by atoms with Crippen LogP contribution in [-0.4, -0.2) is 10.2 Å². The number of aromatic nitrogens is 2. The van der Waals surface area contributed by atoms with Crippen LogP contribution in [0.5, 0.6) is 0 Å². The molecular formula is C11H6Cl2N4. The molecule has 1 aromatic heterocycles. The third-order valence-corrected chi connectivity index (χ3v) is 2.43. The summed E-state index contributed by atoms with van der Waals surface area (Å²) in [6.45, 7) is 0. The molecule has 6 heteroatoms. The van der Waals surface area contributed by atoms with Gasteiger partial charge in [0.15, 0.2) is 11.0 Å². The highest BCUT2D eigenvalue weighted by Gasteiger charge is 2.04. The van der Waals surface area contributed by atoms with Crippen molar-refractivity contribution in [1.29, 1.82) is 5.26 Å². The van der Waals surface area contributed by atoms with Gasteiger partial charge in [0.1, 0.15) is 6.07 Å². The van der Waals surface area contributed by atoms with Crippen molar-refractivity contribution < 1.29 is 0 Å². The Bertz CT molecular complexity index is 575. The fourth-order valence-electron chi connectivity index (χ4n) is 1.24. The predicted octanol–water partition coefficient (Wildman–Crippen LogP) is 3.40. The quantitative estimate of drug-likeness (QED) is 0.903. The molecule has 2 rings (SSSR count). The van der Waals surface area contributed by atoms with Crippen LogP contribution in [0.2, 0.25) is 10.2 Å². The zero-order valence-electron chi connectivity index (χ0n) is 8.48. The number of hydrogen-bond acceptors (Lipinski definition) is 4. The zero-order chi connectivity index (χ0) is 12.3. The van der Waals surface area contributed by atoms with Crippen LogP contribution < -0.4 is 5.32 Å². The lowest BCUT2D eigenvalue weighted by Crippen LogP contribution is -1.97. The van der Waals surface area contributed by atoms with Crippen LogP contribution in [-0.2, 0) is 0 Å². The average Bonchev–Trinajstić information content (AvgIpc) is 2.32. The van der Waals surface area contributed by atoms with Gasteiger partial charge in [0, 0.05) is 5.02 Å². The van der Waals surface area contributed by atoms with Crippen molar-refractivity contribution in [3.8, 4) is 6.07 Å². The minimum Gasteiger partial charge on any atom is -0.338 e. The first-order chi connectivity index (χ1) is 8.19. The summed E-state index contributed by atoms with van der Waals surface area (Å²) in [5.74, 6) is 0.494. The van der Waals surface area contributed by atoms with Gasteiger partial charge in [-0.25, -0.2) is 0 Å². The fraction of sp³-hybridized carbons (Fsp3) is 0. The Labute approximate surface area is 108 Å². The third kappa shape index (κ3) is 2.84. The second kappa shape index (κ2) is 5.00. The SMILES string of the molecule is N#Cc1ccc(Cl)cc1Nc1ccc(Cl)nn1. The Hall–Kier alpha value is -1.83. The van der Waals surface area contributed by atoms with E-state index >= 15 is 0 Å². The topological polar surface area (TPSA) is 61.6 Å². The van der Waals surface area contributed by atoms with Crippen molar-refractivity contribution in [3.63, 3.8) is 0 Å². The number of hydrogen-bond donors (Lipinski definition) is 1. The molecule has 0 radical (unpaired) electrons. The molecule has 0 fully saturated rings. The molecule has 4 nitrogen and oxygen atoms in total. The maximum atomic E-state index is 8.94. The summed E-state index contributed by atoms with van der Waals surface area (Å²) in [7, 11) is 0. The molecule has 0 spiro atoms. The molecular weight excluding hydrogens is 259 g/mol. The van der Waals surface area contributed by atoms with Crippen LogP contribution >= 0.6 is 23.2 Å². The Balaban J connectivity index is 2.32. The predicted molar refractivity (Wildman–Crippen MR) is 66.5 cm³/mol. The highest BCUT2D eigenvalue weighted by Crippen LogP contribution is 2.23. The number of halogens is 2. The summed E-state index contributed by atoms with van der Waals surface area (Å²) < 4.78 is 0. The fourth-order valence-corrected chi connectivity index (χ4v) is 1.51. The molecule has 17 heavy (non-hydrogen) atoms. The molecule has 0 saturated heterocycles. The van der Waals surface area contributed by atoms with Gasteiger partial charge in [0.25, 0.3) is 0 Å². The lowest BCUT2D eigenvalue weighted by molar-refractivity contribution is 1.04. The van der Waals surface area contributed by atoms with E-state index in [4.69, 9.17) is 28.5 Å². The highest BCUT2D eigenvalue weighted by molar-refractivity contribution is 6.31. The van der Waals surface area contributed by atoms with Crippen LogP contribution in [0.1, 0.15) is 5.56 Å². The normalized spacial score (nSPS) is 9.71. The molecule has 0 unspecified atom stereocenters. The van der Waals surface area contributed by atoms with E-state index in [1.54, 1.807) is 30.3 Å². The summed E-state index contributed by atoms with van der Waals surface area (Å²) in [5, 5.41) is 20.3. The van der Waals surface area contributed by atoms with Gasteiger partial charge in [0.05, 0.1) is 11.3 Å². The number of rotatable bonds is 2. The minimum absolute atomic E-state index is 0.308. The molecule has 84 valence electrons. The highest BCUT2D eigenvalue weighted by atomic mass is 35.5.